The van der Waals surface area contributed by atoms with Gasteiger partial charge in [-0.3, -0.25) is 0 Å². The van der Waals surface area contributed by atoms with E-state index in [4.69, 9.17) is 5.11 Å². The number of carbonyl (C=O) groups is 1. The van der Waals surface area contributed by atoms with Crippen molar-refractivity contribution in [3.8, 4) is 0 Å². The Labute approximate surface area is 66.0 Å². The normalized spacial score (nSPS) is 20.2. The molecule has 0 aromatic heterocycles. The number of aliphatic hydroxyl groups is 1. The third kappa shape index (κ3) is 1.63. The second kappa shape index (κ2) is 3.09. The zero-order valence-corrected chi connectivity index (χ0v) is 6.68. The minimum atomic E-state index is -0.319. The lowest BCUT2D eigenvalue weighted by atomic mass is 9.77. The molecule has 0 aromatic rings. The molecule has 1 rings (SSSR count). The molecule has 0 atom stereocenters. The summed E-state index contributed by atoms with van der Waals surface area (Å²) in [7, 11) is 1.57. The number of rotatable bonds is 2. The van der Waals surface area contributed by atoms with E-state index in [9.17, 15) is 4.79 Å². The molecule has 0 aliphatic heterocycles. The summed E-state index contributed by atoms with van der Waals surface area (Å²) in [5.74, 6) is 0. The second-order valence-corrected chi connectivity index (χ2v) is 3.00. The molecular weight excluding hydrogens is 144 g/mol. The van der Waals surface area contributed by atoms with Crippen LogP contribution in [0.3, 0.4) is 0 Å². The fourth-order valence-electron chi connectivity index (χ4n) is 1.23. The van der Waals surface area contributed by atoms with E-state index >= 15 is 0 Å². The highest BCUT2D eigenvalue weighted by atomic mass is 16.3. The first-order chi connectivity index (χ1) is 5.22. The van der Waals surface area contributed by atoms with E-state index in [-0.39, 0.29) is 18.2 Å². The van der Waals surface area contributed by atoms with Crippen molar-refractivity contribution in [2.24, 2.45) is 0 Å². The Hall–Kier alpha value is -0.770. The van der Waals surface area contributed by atoms with Crippen LogP contribution in [-0.4, -0.2) is 30.3 Å². The van der Waals surface area contributed by atoms with E-state index in [1.165, 1.54) is 0 Å². The van der Waals surface area contributed by atoms with Crippen LogP contribution < -0.4 is 10.6 Å². The third-order valence-electron chi connectivity index (χ3n) is 2.22. The van der Waals surface area contributed by atoms with Crippen molar-refractivity contribution in [3.63, 3.8) is 0 Å². The standard InChI is InChI=1S/C7H14N2O2/c1-8-6(11)9-7(5-10)3-2-4-7/h10H,2-5H2,1H3,(H2,8,9,11). The van der Waals surface area contributed by atoms with Crippen LogP contribution in [0.25, 0.3) is 0 Å². The molecule has 1 aliphatic carbocycles. The zero-order chi connectivity index (χ0) is 8.32. The summed E-state index contributed by atoms with van der Waals surface area (Å²) < 4.78 is 0. The van der Waals surface area contributed by atoms with Gasteiger partial charge in [-0.15, -0.1) is 0 Å². The smallest absolute Gasteiger partial charge is 0.315 e. The molecular formula is C7H14N2O2. The molecule has 2 amide bonds. The third-order valence-corrected chi connectivity index (χ3v) is 2.22. The second-order valence-electron chi connectivity index (χ2n) is 3.00. The molecule has 11 heavy (non-hydrogen) atoms. The molecule has 0 spiro atoms. The van der Waals surface area contributed by atoms with Gasteiger partial charge in [0.1, 0.15) is 0 Å². The van der Waals surface area contributed by atoms with Crippen molar-refractivity contribution in [1.82, 2.24) is 10.6 Å². The summed E-state index contributed by atoms with van der Waals surface area (Å²) in [6, 6.07) is -0.209. The van der Waals surface area contributed by atoms with Gasteiger partial charge in [0.15, 0.2) is 0 Å². The van der Waals surface area contributed by atoms with E-state index in [0.717, 1.165) is 19.3 Å². The molecule has 0 saturated heterocycles. The maximum Gasteiger partial charge on any atom is 0.315 e. The van der Waals surface area contributed by atoms with Crippen molar-refractivity contribution in [1.29, 1.82) is 0 Å². The number of hydrogen-bond donors (Lipinski definition) is 3. The van der Waals surface area contributed by atoms with Crippen LogP contribution in [0.5, 0.6) is 0 Å². The Kier molecular flexibility index (Phi) is 2.34. The monoisotopic (exact) mass is 158 g/mol. The highest BCUT2D eigenvalue weighted by Crippen LogP contribution is 2.30. The van der Waals surface area contributed by atoms with Crippen LogP contribution in [0.4, 0.5) is 4.79 Å². The average Bonchev–Trinajstić information content (AvgIpc) is 1.96. The summed E-state index contributed by atoms with van der Waals surface area (Å²) in [5, 5.41) is 14.1. The first-order valence-corrected chi connectivity index (χ1v) is 3.83. The van der Waals surface area contributed by atoms with Crippen molar-refractivity contribution in [2.45, 2.75) is 24.8 Å². The van der Waals surface area contributed by atoms with E-state index in [1.807, 2.05) is 0 Å². The highest BCUT2D eigenvalue weighted by Gasteiger charge is 2.37. The van der Waals surface area contributed by atoms with Gasteiger partial charge in [0.05, 0.1) is 12.1 Å². The molecule has 1 fully saturated rings. The number of nitrogens with one attached hydrogen (secondary N) is 2. The predicted molar refractivity (Wildman–Crippen MR) is 41.3 cm³/mol. The van der Waals surface area contributed by atoms with E-state index < -0.39 is 0 Å². The molecule has 1 saturated carbocycles. The highest BCUT2D eigenvalue weighted by molar-refractivity contribution is 5.74. The van der Waals surface area contributed by atoms with Gasteiger partial charge in [-0.05, 0) is 19.3 Å². The molecule has 4 nitrogen and oxygen atoms in total. The Bertz CT molecular complexity index is 149. The molecule has 3 N–H and O–H groups in total. The lowest BCUT2D eigenvalue weighted by molar-refractivity contribution is 0.0962. The Morgan fingerprint density at radius 1 is 1.64 bits per heavy atom. The minimum Gasteiger partial charge on any atom is -0.394 e. The minimum absolute atomic E-state index is 0.0421. The SMILES string of the molecule is CNC(=O)NC1(CO)CCC1. The van der Waals surface area contributed by atoms with Gasteiger partial charge < -0.3 is 15.7 Å². The Balaban J connectivity index is 2.38. The van der Waals surface area contributed by atoms with Gasteiger partial charge in [0.2, 0.25) is 0 Å². The van der Waals surface area contributed by atoms with E-state index in [0.29, 0.717) is 0 Å². The van der Waals surface area contributed by atoms with Crippen LogP contribution >= 0.6 is 0 Å². The fraction of sp³-hybridized carbons (Fsp3) is 0.857. The van der Waals surface area contributed by atoms with Crippen LogP contribution in [0.15, 0.2) is 0 Å². The Morgan fingerprint density at radius 2 is 2.27 bits per heavy atom. The number of amides is 2. The predicted octanol–water partition coefficient (Wildman–Crippen LogP) is -0.170. The summed E-state index contributed by atoms with van der Waals surface area (Å²) in [4.78, 5) is 10.8. The molecule has 0 bridgehead atoms. The summed E-state index contributed by atoms with van der Waals surface area (Å²) >= 11 is 0. The lowest BCUT2D eigenvalue weighted by Crippen LogP contribution is -2.58. The van der Waals surface area contributed by atoms with Crippen molar-refractivity contribution >= 4 is 6.03 Å². The number of carbonyl (C=O) groups excluding carboxylic acids is 1. The van der Waals surface area contributed by atoms with Gasteiger partial charge in [-0.1, -0.05) is 0 Å². The van der Waals surface area contributed by atoms with Crippen LogP contribution in [-0.2, 0) is 0 Å². The fourth-order valence-corrected chi connectivity index (χ4v) is 1.23. The summed E-state index contributed by atoms with van der Waals surface area (Å²) in [6.07, 6.45) is 2.86. The van der Waals surface area contributed by atoms with Crippen LogP contribution in [0.1, 0.15) is 19.3 Å². The van der Waals surface area contributed by atoms with Gasteiger partial charge in [-0.25, -0.2) is 4.79 Å². The molecule has 4 heteroatoms. The van der Waals surface area contributed by atoms with Crippen molar-refractivity contribution < 1.29 is 9.90 Å². The molecule has 0 aromatic carbocycles. The maximum atomic E-state index is 10.8. The zero-order valence-electron chi connectivity index (χ0n) is 6.68. The van der Waals surface area contributed by atoms with Crippen LogP contribution in [0.2, 0.25) is 0 Å². The molecule has 64 valence electrons. The van der Waals surface area contributed by atoms with Crippen molar-refractivity contribution in [2.75, 3.05) is 13.7 Å². The largest absolute Gasteiger partial charge is 0.394 e. The van der Waals surface area contributed by atoms with Gasteiger partial charge in [-0.2, -0.15) is 0 Å². The number of aliphatic hydroxyl groups excluding tert-OH is 1. The van der Waals surface area contributed by atoms with Crippen LogP contribution in [0, 0.1) is 0 Å². The molecule has 0 heterocycles. The number of hydrogen-bond acceptors (Lipinski definition) is 2. The lowest BCUT2D eigenvalue weighted by Gasteiger charge is -2.40. The Morgan fingerprint density at radius 3 is 2.55 bits per heavy atom. The molecule has 0 unspecified atom stereocenters. The quantitative estimate of drug-likeness (QED) is 0.522. The molecule has 0 radical (unpaired) electrons. The topological polar surface area (TPSA) is 61.4 Å². The number of urea groups is 1. The molecule has 1 aliphatic rings. The average molecular weight is 158 g/mol. The first-order valence-electron chi connectivity index (χ1n) is 3.83. The van der Waals surface area contributed by atoms with Gasteiger partial charge in [0.25, 0.3) is 0 Å². The summed E-state index contributed by atoms with van der Waals surface area (Å²) in [5.41, 5.74) is -0.319. The maximum absolute atomic E-state index is 10.8. The van der Waals surface area contributed by atoms with E-state index in [1.54, 1.807) is 7.05 Å². The summed E-state index contributed by atoms with van der Waals surface area (Å²) in [6.45, 7) is 0.0421. The first kappa shape index (κ1) is 8.33. The van der Waals surface area contributed by atoms with Gasteiger partial charge in [0, 0.05) is 7.05 Å². The van der Waals surface area contributed by atoms with Gasteiger partial charge >= 0.3 is 6.03 Å². The van der Waals surface area contributed by atoms with E-state index in [2.05, 4.69) is 10.6 Å². The van der Waals surface area contributed by atoms with Crippen molar-refractivity contribution in [3.05, 3.63) is 0 Å².